The van der Waals surface area contributed by atoms with Crippen molar-refractivity contribution in [3.05, 3.63) is 34.9 Å². The number of carbonyl (C=O) groups is 1. The van der Waals surface area contributed by atoms with E-state index in [1.807, 2.05) is 0 Å². The van der Waals surface area contributed by atoms with Gasteiger partial charge >= 0.3 is 0 Å². The highest BCUT2D eigenvalue weighted by molar-refractivity contribution is 5.85. The molecule has 3 rings (SSSR count). The van der Waals surface area contributed by atoms with Gasteiger partial charge in [-0.2, -0.15) is 0 Å². The Morgan fingerprint density at radius 1 is 1.23 bits per heavy atom. The molecule has 22 heavy (non-hydrogen) atoms. The molecule has 2 aliphatic rings. The van der Waals surface area contributed by atoms with Gasteiger partial charge in [0.2, 0.25) is 5.91 Å². The van der Waals surface area contributed by atoms with E-state index < -0.39 is 0 Å². The van der Waals surface area contributed by atoms with Crippen molar-refractivity contribution < 1.29 is 4.79 Å². The Kier molecular flexibility index (Phi) is 5.51. The largest absolute Gasteiger partial charge is 0.342 e. The highest BCUT2D eigenvalue weighted by Gasteiger charge is 2.37. The fraction of sp³-hybridized carbons (Fsp3) is 0.611. The van der Waals surface area contributed by atoms with Crippen molar-refractivity contribution in [3.8, 4) is 0 Å². The Balaban J connectivity index is 0.00000176. The molecule has 2 heterocycles. The molecule has 0 saturated carbocycles. The van der Waals surface area contributed by atoms with Crippen LogP contribution in [-0.4, -0.2) is 37.0 Å². The first-order valence-electron chi connectivity index (χ1n) is 8.13. The van der Waals surface area contributed by atoms with E-state index in [1.54, 1.807) is 0 Å². The minimum absolute atomic E-state index is 0. The summed E-state index contributed by atoms with van der Waals surface area (Å²) in [5, 5.41) is 3.48. The molecule has 1 aromatic rings. The van der Waals surface area contributed by atoms with Crippen molar-refractivity contribution in [2.45, 2.75) is 39.5 Å². The van der Waals surface area contributed by atoms with Gasteiger partial charge in [-0.3, -0.25) is 4.79 Å². The van der Waals surface area contributed by atoms with Crippen molar-refractivity contribution in [1.29, 1.82) is 0 Å². The van der Waals surface area contributed by atoms with Crippen molar-refractivity contribution in [2.24, 2.45) is 5.41 Å². The van der Waals surface area contributed by atoms with Crippen molar-refractivity contribution in [2.75, 3.05) is 26.2 Å². The molecule has 0 radical (unpaired) electrons. The molecule has 122 valence electrons. The number of nitrogens with zero attached hydrogens (tertiary/aromatic N) is 1. The summed E-state index contributed by atoms with van der Waals surface area (Å²) in [5.74, 6) is 0.296. The van der Waals surface area contributed by atoms with Gasteiger partial charge in [0.1, 0.15) is 0 Å². The molecule has 2 fully saturated rings. The van der Waals surface area contributed by atoms with Crippen LogP contribution in [0.15, 0.2) is 18.2 Å². The van der Waals surface area contributed by atoms with E-state index in [2.05, 4.69) is 42.3 Å². The number of hydrogen-bond acceptors (Lipinski definition) is 2. The highest BCUT2D eigenvalue weighted by Crippen LogP contribution is 2.37. The number of piperidine rings is 1. The van der Waals surface area contributed by atoms with Gasteiger partial charge in [0.15, 0.2) is 0 Å². The fourth-order valence-corrected chi connectivity index (χ4v) is 3.72. The molecular weight excluding hydrogens is 296 g/mol. The summed E-state index contributed by atoms with van der Waals surface area (Å²) in [7, 11) is 0. The van der Waals surface area contributed by atoms with E-state index in [-0.39, 0.29) is 12.4 Å². The molecule has 2 aliphatic heterocycles. The molecular formula is C18H27ClN2O. The number of amides is 1. The summed E-state index contributed by atoms with van der Waals surface area (Å²) in [6.07, 6.45) is 4.17. The maximum atomic E-state index is 12.5. The van der Waals surface area contributed by atoms with Crippen LogP contribution in [0.5, 0.6) is 0 Å². The van der Waals surface area contributed by atoms with E-state index in [1.165, 1.54) is 36.0 Å². The van der Waals surface area contributed by atoms with E-state index in [4.69, 9.17) is 0 Å². The molecule has 1 amide bonds. The molecule has 0 bridgehead atoms. The first-order chi connectivity index (χ1) is 10.1. The average molecular weight is 323 g/mol. The lowest BCUT2D eigenvalue weighted by Crippen LogP contribution is -2.44. The Labute approximate surface area is 139 Å². The van der Waals surface area contributed by atoms with E-state index in [0.717, 1.165) is 26.2 Å². The Morgan fingerprint density at radius 2 is 1.95 bits per heavy atom. The third-order valence-corrected chi connectivity index (χ3v) is 5.36. The second kappa shape index (κ2) is 7.01. The van der Waals surface area contributed by atoms with E-state index in [0.29, 0.717) is 17.7 Å². The van der Waals surface area contributed by atoms with Crippen LogP contribution in [0, 0.1) is 19.3 Å². The minimum atomic E-state index is 0. The van der Waals surface area contributed by atoms with Crippen LogP contribution in [-0.2, 0) is 11.2 Å². The summed E-state index contributed by atoms with van der Waals surface area (Å²) in [6, 6.07) is 6.38. The third kappa shape index (κ3) is 3.64. The normalized spacial score (nSPS) is 20.0. The SMILES string of the molecule is Cc1ccc(C)c(CC(=O)N2CCC3(CCNC3)CC2)c1.Cl. The molecule has 0 aliphatic carbocycles. The first-order valence-corrected chi connectivity index (χ1v) is 8.13. The molecule has 3 nitrogen and oxygen atoms in total. The van der Waals surface area contributed by atoms with Crippen molar-refractivity contribution in [1.82, 2.24) is 10.2 Å². The number of benzene rings is 1. The predicted octanol–water partition coefficient (Wildman–Crippen LogP) is 2.87. The minimum Gasteiger partial charge on any atom is -0.342 e. The number of rotatable bonds is 2. The number of halogens is 1. The van der Waals surface area contributed by atoms with Crippen LogP contribution in [0.2, 0.25) is 0 Å². The number of likely N-dealkylation sites (tertiary alicyclic amines) is 1. The summed E-state index contributed by atoms with van der Waals surface area (Å²) >= 11 is 0. The molecule has 1 N–H and O–H groups in total. The number of hydrogen-bond donors (Lipinski definition) is 1. The standard InChI is InChI=1S/C18H26N2O.ClH/c1-14-3-4-15(2)16(11-14)12-17(21)20-9-6-18(7-10-20)5-8-19-13-18;/h3-4,11,19H,5-10,12-13H2,1-2H3;1H. The number of carbonyl (C=O) groups excluding carboxylic acids is 1. The maximum absolute atomic E-state index is 12.5. The highest BCUT2D eigenvalue weighted by atomic mass is 35.5. The van der Waals surface area contributed by atoms with Gasteiger partial charge in [0.05, 0.1) is 6.42 Å². The van der Waals surface area contributed by atoms with Crippen LogP contribution in [0.4, 0.5) is 0 Å². The second-order valence-corrected chi connectivity index (χ2v) is 6.91. The molecule has 4 heteroatoms. The van der Waals surface area contributed by atoms with Crippen LogP contribution in [0.1, 0.15) is 36.0 Å². The zero-order chi connectivity index (χ0) is 14.9. The number of nitrogens with one attached hydrogen (secondary N) is 1. The monoisotopic (exact) mass is 322 g/mol. The van der Waals surface area contributed by atoms with Gasteiger partial charge in [-0.15, -0.1) is 12.4 Å². The molecule has 0 unspecified atom stereocenters. The van der Waals surface area contributed by atoms with Crippen LogP contribution in [0.25, 0.3) is 0 Å². The topological polar surface area (TPSA) is 32.3 Å². The summed E-state index contributed by atoms with van der Waals surface area (Å²) in [6.45, 7) is 8.35. The van der Waals surface area contributed by atoms with Crippen molar-refractivity contribution in [3.63, 3.8) is 0 Å². The molecule has 2 saturated heterocycles. The smallest absolute Gasteiger partial charge is 0.227 e. The van der Waals surface area contributed by atoms with Gasteiger partial charge < -0.3 is 10.2 Å². The lowest BCUT2D eigenvalue weighted by molar-refractivity contribution is -0.132. The molecule has 0 aromatic heterocycles. The first kappa shape index (κ1) is 17.3. The molecule has 0 atom stereocenters. The molecule has 1 aromatic carbocycles. The van der Waals surface area contributed by atoms with E-state index in [9.17, 15) is 4.79 Å². The summed E-state index contributed by atoms with van der Waals surface area (Å²) in [4.78, 5) is 14.6. The van der Waals surface area contributed by atoms with Crippen LogP contribution >= 0.6 is 12.4 Å². The van der Waals surface area contributed by atoms with Gasteiger partial charge in [-0.05, 0) is 56.2 Å². The van der Waals surface area contributed by atoms with E-state index >= 15 is 0 Å². The Morgan fingerprint density at radius 3 is 2.59 bits per heavy atom. The predicted molar refractivity (Wildman–Crippen MR) is 92.6 cm³/mol. The fourth-order valence-electron chi connectivity index (χ4n) is 3.72. The Bertz CT molecular complexity index is 528. The van der Waals surface area contributed by atoms with Gasteiger partial charge in [-0.1, -0.05) is 23.8 Å². The van der Waals surface area contributed by atoms with Crippen molar-refractivity contribution >= 4 is 18.3 Å². The summed E-state index contributed by atoms with van der Waals surface area (Å²) in [5.41, 5.74) is 4.12. The van der Waals surface area contributed by atoms with Crippen LogP contribution in [0.3, 0.4) is 0 Å². The second-order valence-electron chi connectivity index (χ2n) is 6.91. The number of aryl methyl sites for hydroxylation is 2. The lowest BCUT2D eigenvalue weighted by Gasteiger charge is -2.39. The lowest BCUT2D eigenvalue weighted by atomic mass is 9.78. The zero-order valence-corrected chi connectivity index (χ0v) is 14.5. The van der Waals surface area contributed by atoms with Gasteiger partial charge in [-0.25, -0.2) is 0 Å². The zero-order valence-electron chi connectivity index (χ0n) is 13.7. The third-order valence-electron chi connectivity index (χ3n) is 5.36. The molecule has 1 spiro atoms. The quantitative estimate of drug-likeness (QED) is 0.908. The van der Waals surface area contributed by atoms with Gasteiger partial charge in [0.25, 0.3) is 0 Å². The average Bonchev–Trinajstić information content (AvgIpc) is 2.92. The Hall–Kier alpha value is -1.06. The maximum Gasteiger partial charge on any atom is 0.227 e. The summed E-state index contributed by atoms with van der Waals surface area (Å²) < 4.78 is 0. The van der Waals surface area contributed by atoms with Crippen LogP contribution < -0.4 is 5.32 Å². The van der Waals surface area contributed by atoms with Gasteiger partial charge in [0, 0.05) is 19.6 Å².